The first-order chi connectivity index (χ1) is 13.3. The first-order valence-corrected chi connectivity index (χ1v) is 9.69. The summed E-state index contributed by atoms with van der Waals surface area (Å²) in [5, 5.41) is 2.82. The highest BCUT2D eigenvalue weighted by atomic mass is 16.5. The molecule has 1 N–H and O–H groups in total. The zero-order valence-corrected chi connectivity index (χ0v) is 17.0. The molecule has 150 valence electrons. The van der Waals surface area contributed by atoms with Crippen LogP contribution in [-0.2, 0) is 9.53 Å². The molecule has 2 rings (SSSR count). The Morgan fingerprint density at radius 2 is 1.57 bits per heavy atom. The Morgan fingerprint density at radius 1 is 0.929 bits per heavy atom. The molecule has 2 aromatic carbocycles. The summed E-state index contributed by atoms with van der Waals surface area (Å²) in [5.74, 6) is 0.851. The largest absolute Gasteiger partial charge is 0.494 e. The molecule has 5 heteroatoms. The number of hydrogen-bond acceptors (Lipinski definition) is 4. The molecule has 28 heavy (non-hydrogen) atoms. The second kappa shape index (κ2) is 10.5. The summed E-state index contributed by atoms with van der Waals surface area (Å²) in [6.45, 7) is 8.39. The number of ether oxygens (including phenoxy) is 2. The number of rotatable bonds is 9. The summed E-state index contributed by atoms with van der Waals surface area (Å²) in [6.07, 6.45) is 0.819. The number of nitrogens with one attached hydrogen (secondary N) is 1. The van der Waals surface area contributed by atoms with Crippen molar-refractivity contribution in [3.8, 4) is 5.75 Å². The van der Waals surface area contributed by atoms with E-state index >= 15 is 0 Å². The molecule has 0 bridgehead atoms. The molecule has 0 aliphatic carbocycles. The van der Waals surface area contributed by atoms with Crippen molar-refractivity contribution in [2.45, 2.75) is 52.6 Å². The Balaban J connectivity index is 1.71. The van der Waals surface area contributed by atoms with E-state index < -0.39 is 0 Å². The van der Waals surface area contributed by atoms with Gasteiger partial charge in [0.2, 0.25) is 5.91 Å². The van der Waals surface area contributed by atoms with E-state index in [1.807, 2.05) is 12.1 Å². The number of carbonyl (C=O) groups excluding carboxylic acids is 2. The van der Waals surface area contributed by atoms with Crippen molar-refractivity contribution in [2.24, 2.45) is 0 Å². The van der Waals surface area contributed by atoms with Crippen molar-refractivity contribution in [2.75, 3.05) is 11.9 Å². The molecule has 0 saturated heterocycles. The van der Waals surface area contributed by atoms with Crippen LogP contribution in [0.15, 0.2) is 48.5 Å². The highest BCUT2D eigenvalue weighted by molar-refractivity contribution is 5.93. The third kappa shape index (κ3) is 7.06. The lowest BCUT2D eigenvalue weighted by molar-refractivity contribution is -0.116. The number of hydrogen-bond donors (Lipinski definition) is 1. The van der Waals surface area contributed by atoms with Crippen LogP contribution < -0.4 is 10.1 Å². The Kier molecular flexibility index (Phi) is 8.05. The molecule has 1 amide bonds. The van der Waals surface area contributed by atoms with Crippen LogP contribution in [-0.4, -0.2) is 24.6 Å². The van der Waals surface area contributed by atoms with Crippen molar-refractivity contribution in [1.82, 2.24) is 0 Å². The van der Waals surface area contributed by atoms with Gasteiger partial charge >= 0.3 is 5.97 Å². The second-order valence-corrected chi connectivity index (χ2v) is 7.26. The fourth-order valence-electron chi connectivity index (χ4n) is 2.57. The fourth-order valence-corrected chi connectivity index (χ4v) is 2.57. The van der Waals surface area contributed by atoms with E-state index in [4.69, 9.17) is 9.47 Å². The van der Waals surface area contributed by atoms with E-state index in [1.165, 1.54) is 5.56 Å². The smallest absolute Gasteiger partial charge is 0.338 e. The standard InChI is InChI=1S/C23H29NO4/c1-16(2)18-9-13-21(14-10-18)27-15-5-6-22(25)24-20-11-7-19(8-12-20)23(26)28-17(3)4/h7-14,16-17H,5-6,15H2,1-4H3,(H,24,25). The van der Waals surface area contributed by atoms with E-state index in [-0.39, 0.29) is 18.0 Å². The molecule has 0 atom stereocenters. The van der Waals surface area contributed by atoms with Gasteiger partial charge in [-0.2, -0.15) is 0 Å². The summed E-state index contributed by atoms with van der Waals surface area (Å²) in [4.78, 5) is 23.9. The predicted octanol–water partition coefficient (Wildman–Crippen LogP) is 5.17. The molecular formula is C23H29NO4. The van der Waals surface area contributed by atoms with Gasteiger partial charge in [-0.25, -0.2) is 4.79 Å². The van der Waals surface area contributed by atoms with Gasteiger partial charge in [-0.15, -0.1) is 0 Å². The van der Waals surface area contributed by atoms with Crippen LogP contribution in [0.25, 0.3) is 0 Å². The van der Waals surface area contributed by atoms with Crippen LogP contribution in [0.2, 0.25) is 0 Å². The Morgan fingerprint density at radius 3 is 2.14 bits per heavy atom. The minimum atomic E-state index is -0.369. The fraction of sp³-hybridized carbons (Fsp3) is 0.391. The molecule has 0 spiro atoms. The SMILES string of the molecule is CC(C)OC(=O)c1ccc(NC(=O)CCCOc2ccc(C(C)C)cc2)cc1. The lowest BCUT2D eigenvalue weighted by atomic mass is 10.0. The number of esters is 1. The maximum absolute atomic E-state index is 12.0. The van der Waals surface area contributed by atoms with Crippen LogP contribution in [0.3, 0.4) is 0 Å². The third-order valence-electron chi connectivity index (χ3n) is 4.11. The van der Waals surface area contributed by atoms with Gasteiger partial charge in [0.15, 0.2) is 0 Å². The summed E-state index contributed by atoms with van der Waals surface area (Å²) in [6, 6.07) is 14.7. The van der Waals surface area contributed by atoms with Gasteiger partial charge in [0, 0.05) is 12.1 Å². The summed E-state index contributed by atoms with van der Waals surface area (Å²) < 4.78 is 10.8. The average Bonchev–Trinajstić information content (AvgIpc) is 2.65. The molecule has 0 aromatic heterocycles. The molecule has 0 fully saturated rings. The molecule has 0 unspecified atom stereocenters. The Bertz CT molecular complexity index is 764. The Labute approximate surface area is 167 Å². The maximum atomic E-state index is 12.0. The quantitative estimate of drug-likeness (QED) is 0.479. The van der Waals surface area contributed by atoms with Crippen molar-refractivity contribution in [1.29, 1.82) is 0 Å². The zero-order valence-electron chi connectivity index (χ0n) is 17.0. The summed E-state index contributed by atoms with van der Waals surface area (Å²) >= 11 is 0. The molecule has 2 aromatic rings. The molecular weight excluding hydrogens is 354 g/mol. The van der Waals surface area contributed by atoms with E-state index in [0.29, 0.717) is 36.6 Å². The molecule has 0 radical (unpaired) electrons. The van der Waals surface area contributed by atoms with Crippen LogP contribution in [0.5, 0.6) is 5.75 Å². The topological polar surface area (TPSA) is 64.6 Å². The van der Waals surface area contributed by atoms with E-state index in [9.17, 15) is 9.59 Å². The first kappa shape index (κ1) is 21.5. The normalized spacial score (nSPS) is 10.8. The van der Waals surface area contributed by atoms with Crippen LogP contribution in [0.4, 0.5) is 5.69 Å². The molecule has 0 aliphatic rings. The molecule has 5 nitrogen and oxygen atoms in total. The highest BCUT2D eigenvalue weighted by Crippen LogP contribution is 2.19. The van der Waals surface area contributed by atoms with Gasteiger partial charge in [-0.1, -0.05) is 26.0 Å². The monoisotopic (exact) mass is 383 g/mol. The van der Waals surface area contributed by atoms with Crippen molar-refractivity contribution < 1.29 is 19.1 Å². The minimum absolute atomic E-state index is 0.0868. The van der Waals surface area contributed by atoms with E-state index in [0.717, 1.165) is 5.75 Å². The summed E-state index contributed by atoms with van der Waals surface area (Å²) in [5.41, 5.74) is 2.38. The van der Waals surface area contributed by atoms with Gasteiger partial charge in [0.05, 0.1) is 18.3 Å². The van der Waals surface area contributed by atoms with Crippen LogP contribution in [0, 0.1) is 0 Å². The highest BCUT2D eigenvalue weighted by Gasteiger charge is 2.09. The van der Waals surface area contributed by atoms with Crippen molar-refractivity contribution in [3.05, 3.63) is 59.7 Å². The zero-order chi connectivity index (χ0) is 20.5. The second-order valence-electron chi connectivity index (χ2n) is 7.26. The van der Waals surface area contributed by atoms with Gasteiger partial charge in [-0.3, -0.25) is 4.79 Å². The average molecular weight is 383 g/mol. The van der Waals surface area contributed by atoms with Gasteiger partial charge in [0.25, 0.3) is 0 Å². The van der Waals surface area contributed by atoms with Gasteiger partial charge in [-0.05, 0) is 68.1 Å². The van der Waals surface area contributed by atoms with Crippen LogP contribution >= 0.6 is 0 Å². The number of amides is 1. The van der Waals surface area contributed by atoms with E-state index in [1.54, 1.807) is 38.1 Å². The molecule has 0 saturated carbocycles. The first-order valence-electron chi connectivity index (χ1n) is 9.69. The lowest BCUT2D eigenvalue weighted by Gasteiger charge is -2.10. The van der Waals surface area contributed by atoms with Crippen molar-refractivity contribution in [3.63, 3.8) is 0 Å². The van der Waals surface area contributed by atoms with Gasteiger partial charge < -0.3 is 14.8 Å². The predicted molar refractivity (Wildman–Crippen MR) is 111 cm³/mol. The third-order valence-corrected chi connectivity index (χ3v) is 4.11. The van der Waals surface area contributed by atoms with E-state index in [2.05, 4.69) is 31.3 Å². The molecule has 0 heterocycles. The minimum Gasteiger partial charge on any atom is -0.494 e. The number of benzene rings is 2. The summed E-state index contributed by atoms with van der Waals surface area (Å²) in [7, 11) is 0. The number of anilines is 1. The van der Waals surface area contributed by atoms with Gasteiger partial charge in [0.1, 0.15) is 5.75 Å². The number of carbonyl (C=O) groups is 2. The lowest BCUT2D eigenvalue weighted by Crippen LogP contribution is -2.14. The Hall–Kier alpha value is -2.82. The maximum Gasteiger partial charge on any atom is 0.338 e. The van der Waals surface area contributed by atoms with Crippen molar-refractivity contribution >= 4 is 17.6 Å². The molecule has 0 aliphatic heterocycles. The van der Waals surface area contributed by atoms with Crippen LogP contribution in [0.1, 0.15) is 62.4 Å².